The molecule has 0 fully saturated rings. The van der Waals surface area contributed by atoms with Crippen LogP contribution in [0.15, 0.2) is 5.38 Å². The van der Waals surface area contributed by atoms with Gasteiger partial charge in [0.1, 0.15) is 0 Å². The topological polar surface area (TPSA) is 79.3 Å². The minimum Gasteiger partial charge on any atom is -0.476 e. The van der Waals surface area contributed by atoms with Crippen LogP contribution in [0, 0.1) is 5.92 Å². The third kappa shape index (κ3) is 5.38. The highest BCUT2D eigenvalue weighted by molar-refractivity contribution is 7.09. The van der Waals surface area contributed by atoms with Gasteiger partial charge >= 0.3 is 5.97 Å². The summed E-state index contributed by atoms with van der Waals surface area (Å²) in [7, 11) is 0. The van der Waals surface area contributed by atoms with Crippen molar-refractivity contribution in [2.45, 2.75) is 39.5 Å². The van der Waals surface area contributed by atoms with E-state index in [1.54, 1.807) is 0 Å². The van der Waals surface area contributed by atoms with E-state index in [9.17, 15) is 9.59 Å². The first-order valence-corrected chi connectivity index (χ1v) is 7.39. The van der Waals surface area contributed by atoms with E-state index in [4.69, 9.17) is 5.11 Å². The molecule has 0 aliphatic rings. The minimum atomic E-state index is -1.01. The summed E-state index contributed by atoms with van der Waals surface area (Å²) in [5, 5.41) is 13.8. The lowest BCUT2D eigenvalue weighted by Crippen LogP contribution is -2.27. The van der Waals surface area contributed by atoms with E-state index >= 15 is 0 Å². The quantitative estimate of drug-likeness (QED) is 0.768. The fourth-order valence-corrected chi connectivity index (χ4v) is 2.52. The molecule has 1 heterocycles. The van der Waals surface area contributed by atoms with Gasteiger partial charge in [-0.2, -0.15) is 0 Å². The minimum absolute atomic E-state index is 0.0590. The molecule has 0 saturated heterocycles. The van der Waals surface area contributed by atoms with E-state index < -0.39 is 5.97 Å². The van der Waals surface area contributed by atoms with Gasteiger partial charge in [0.2, 0.25) is 5.91 Å². The predicted octanol–water partition coefficient (Wildman–Crippen LogP) is 2.33. The van der Waals surface area contributed by atoms with E-state index in [0.717, 1.165) is 17.8 Å². The predicted molar refractivity (Wildman–Crippen MR) is 74.5 cm³/mol. The number of carbonyl (C=O) groups excluding carboxylic acids is 1. The molecule has 0 aliphatic carbocycles. The standard InChI is InChI=1S/C13H20N2O3S/c1-3-9(4-2)7-11(16)14-6-5-12-15-10(8-19-12)13(17)18/h8-9H,3-7H2,1-2H3,(H,14,16)(H,17,18). The second-order valence-electron chi connectivity index (χ2n) is 4.42. The first-order valence-electron chi connectivity index (χ1n) is 6.51. The van der Waals surface area contributed by atoms with Gasteiger partial charge in [-0.15, -0.1) is 11.3 Å². The van der Waals surface area contributed by atoms with Crippen molar-refractivity contribution in [2.75, 3.05) is 6.54 Å². The zero-order chi connectivity index (χ0) is 14.3. The lowest BCUT2D eigenvalue weighted by Gasteiger charge is -2.11. The molecule has 0 bridgehead atoms. The van der Waals surface area contributed by atoms with Crippen LogP contribution >= 0.6 is 11.3 Å². The number of aromatic carboxylic acids is 1. The van der Waals surface area contributed by atoms with Crippen LogP contribution in [0.25, 0.3) is 0 Å². The number of aromatic nitrogens is 1. The summed E-state index contributed by atoms with van der Waals surface area (Å²) in [5.74, 6) is -0.512. The van der Waals surface area contributed by atoms with Crippen LogP contribution in [-0.2, 0) is 11.2 Å². The van der Waals surface area contributed by atoms with Crippen molar-refractivity contribution in [3.05, 3.63) is 16.1 Å². The van der Waals surface area contributed by atoms with E-state index in [1.807, 2.05) is 0 Å². The summed E-state index contributed by atoms with van der Waals surface area (Å²) in [6, 6.07) is 0. The number of carboxylic acid groups (broad SMARTS) is 1. The Kier molecular flexibility index (Phi) is 6.49. The number of carboxylic acids is 1. The Bertz CT molecular complexity index is 427. The van der Waals surface area contributed by atoms with Gasteiger partial charge < -0.3 is 10.4 Å². The van der Waals surface area contributed by atoms with Crippen molar-refractivity contribution < 1.29 is 14.7 Å². The van der Waals surface area contributed by atoms with Crippen LogP contribution in [0.3, 0.4) is 0 Å². The smallest absolute Gasteiger partial charge is 0.355 e. The second-order valence-corrected chi connectivity index (χ2v) is 5.36. The van der Waals surface area contributed by atoms with Gasteiger partial charge in [0, 0.05) is 24.8 Å². The highest BCUT2D eigenvalue weighted by Gasteiger charge is 2.11. The number of rotatable bonds is 8. The van der Waals surface area contributed by atoms with Crippen molar-refractivity contribution in [1.82, 2.24) is 10.3 Å². The molecule has 19 heavy (non-hydrogen) atoms. The maximum Gasteiger partial charge on any atom is 0.355 e. The highest BCUT2D eigenvalue weighted by Crippen LogP contribution is 2.12. The van der Waals surface area contributed by atoms with Gasteiger partial charge in [-0.1, -0.05) is 26.7 Å². The molecule has 0 spiro atoms. The zero-order valence-corrected chi connectivity index (χ0v) is 12.1. The van der Waals surface area contributed by atoms with Crippen molar-refractivity contribution in [3.8, 4) is 0 Å². The summed E-state index contributed by atoms with van der Waals surface area (Å²) >= 11 is 1.31. The Morgan fingerprint density at radius 2 is 2.11 bits per heavy atom. The molecule has 1 aromatic heterocycles. The number of hydrogen-bond donors (Lipinski definition) is 2. The molecule has 2 N–H and O–H groups in total. The molecule has 0 atom stereocenters. The first-order chi connectivity index (χ1) is 9.06. The molecule has 1 aromatic rings. The van der Waals surface area contributed by atoms with Gasteiger partial charge in [0.25, 0.3) is 0 Å². The fourth-order valence-electron chi connectivity index (χ4n) is 1.74. The maximum absolute atomic E-state index is 11.7. The fraction of sp³-hybridized carbons (Fsp3) is 0.615. The van der Waals surface area contributed by atoms with Crippen LogP contribution < -0.4 is 5.32 Å². The number of nitrogens with one attached hydrogen (secondary N) is 1. The van der Waals surface area contributed by atoms with Crippen LogP contribution in [0.1, 0.15) is 48.6 Å². The van der Waals surface area contributed by atoms with Crippen LogP contribution in [0.2, 0.25) is 0 Å². The largest absolute Gasteiger partial charge is 0.476 e. The third-order valence-corrected chi connectivity index (χ3v) is 3.97. The average molecular weight is 284 g/mol. The molecule has 106 valence electrons. The molecule has 5 nitrogen and oxygen atoms in total. The lowest BCUT2D eigenvalue weighted by molar-refractivity contribution is -0.122. The molecular formula is C13H20N2O3S. The number of carbonyl (C=O) groups is 2. The van der Waals surface area contributed by atoms with Crippen LogP contribution in [0.5, 0.6) is 0 Å². The van der Waals surface area contributed by atoms with Crippen molar-refractivity contribution >= 4 is 23.2 Å². The van der Waals surface area contributed by atoms with Crippen LogP contribution in [-0.4, -0.2) is 28.5 Å². The molecule has 0 aliphatic heterocycles. The van der Waals surface area contributed by atoms with E-state index in [-0.39, 0.29) is 11.6 Å². The number of hydrogen-bond acceptors (Lipinski definition) is 4. The monoisotopic (exact) mass is 284 g/mol. The molecule has 6 heteroatoms. The zero-order valence-electron chi connectivity index (χ0n) is 11.3. The highest BCUT2D eigenvalue weighted by atomic mass is 32.1. The lowest BCUT2D eigenvalue weighted by atomic mass is 9.99. The summed E-state index contributed by atoms with van der Waals surface area (Å²) in [5.41, 5.74) is 0.0726. The SMILES string of the molecule is CCC(CC)CC(=O)NCCc1nc(C(=O)O)cs1. The Labute approximate surface area is 117 Å². The van der Waals surface area contributed by atoms with Crippen molar-refractivity contribution in [2.24, 2.45) is 5.92 Å². The molecule has 1 amide bonds. The summed E-state index contributed by atoms with van der Waals surface area (Å²) in [6.45, 7) is 4.68. The number of nitrogens with zero attached hydrogens (tertiary/aromatic N) is 1. The normalized spacial score (nSPS) is 10.7. The Morgan fingerprint density at radius 3 is 2.63 bits per heavy atom. The van der Waals surface area contributed by atoms with Crippen molar-refractivity contribution in [1.29, 1.82) is 0 Å². The van der Waals surface area contributed by atoms with Gasteiger partial charge in [-0.3, -0.25) is 4.79 Å². The van der Waals surface area contributed by atoms with E-state index in [2.05, 4.69) is 24.1 Å². The maximum atomic E-state index is 11.7. The third-order valence-electron chi connectivity index (χ3n) is 3.06. The first kappa shape index (κ1) is 15.6. The van der Waals surface area contributed by atoms with Gasteiger partial charge in [0.15, 0.2) is 5.69 Å². The molecule has 0 saturated carbocycles. The van der Waals surface area contributed by atoms with Gasteiger partial charge in [-0.05, 0) is 5.92 Å². The molecule has 0 unspecified atom stereocenters. The Morgan fingerprint density at radius 1 is 1.42 bits per heavy atom. The Hall–Kier alpha value is -1.43. The van der Waals surface area contributed by atoms with Crippen molar-refractivity contribution in [3.63, 3.8) is 0 Å². The molecule has 0 aromatic carbocycles. The second kappa shape index (κ2) is 7.89. The summed E-state index contributed by atoms with van der Waals surface area (Å²) in [6.07, 6.45) is 3.16. The average Bonchev–Trinajstić information content (AvgIpc) is 2.85. The molecule has 0 radical (unpaired) electrons. The Balaban J connectivity index is 2.29. The number of amides is 1. The van der Waals surface area contributed by atoms with Gasteiger partial charge in [-0.25, -0.2) is 9.78 Å². The number of thiazole rings is 1. The van der Waals surface area contributed by atoms with Gasteiger partial charge in [0.05, 0.1) is 5.01 Å². The molecular weight excluding hydrogens is 264 g/mol. The summed E-state index contributed by atoms with van der Waals surface area (Å²) < 4.78 is 0. The summed E-state index contributed by atoms with van der Waals surface area (Å²) in [4.78, 5) is 26.3. The van der Waals surface area contributed by atoms with Crippen LogP contribution in [0.4, 0.5) is 0 Å². The van der Waals surface area contributed by atoms with E-state index in [0.29, 0.717) is 25.3 Å². The van der Waals surface area contributed by atoms with E-state index in [1.165, 1.54) is 16.7 Å². The molecule has 1 rings (SSSR count).